The zero-order valence-electron chi connectivity index (χ0n) is 16.5. The lowest BCUT2D eigenvalue weighted by molar-refractivity contribution is 0.615. The van der Waals surface area contributed by atoms with Gasteiger partial charge >= 0.3 is 0 Å². The Morgan fingerprint density at radius 2 is 2.07 bits per heavy atom. The highest BCUT2D eigenvalue weighted by atomic mass is 19.1. The molecule has 2 aromatic carbocycles. The molecule has 0 atom stereocenters. The highest BCUT2D eigenvalue weighted by Gasteiger charge is 2.07. The number of guanidine groups is 1. The number of hydrogen-bond donors (Lipinski definition) is 3. The molecule has 6 nitrogen and oxygen atoms in total. The van der Waals surface area contributed by atoms with Gasteiger partial charge in [0.2, 0.25) is 0 Å². The van der Waals surface area contributed by atoms with Crippen LogP contribution in [0.15, 0.2) is 66.3 Å². The number of halogens is 2. The third-order valence-electron chi connectivity index (χ3n) is 4.89. The van der Waals surface area contributed by atoms with Crippen molar-refractivity contribution in [3.8, 4) is 5.69 Å². The second-order valence-corrected chi connectivity index (χ2v) is 6.86. The number of aromatic amines is 1. The number of H-pyrrole nitrogens is 1. The molecule has 0 amide bonds. The highest BCUT2D eigenvalue weighted by molar-refractivity contribution is 5.83. The number of rotatable bonds is 6. The van der Waals surface area contributed by atoms with Gasteiger partial charge in [-0.2, -0.15) is 0 Å². The second-order valence-electron chi connectivity index (χ2n) is 6.86. The SMILES string of the molecule is CN=C(NCCc1c[nH]c2cc(F)ccc12)NCc1ccc(-n2ccnc2)c(F)c1. The normalized spacial score (nSPS) is 11.8. The molecule has 0 aliphatic rings. The molecule has 4 aromatic rings. The van der Waals surface area contributed by atoms with E-state index in [4.69, 9.17) is 0 Å². The van der Waals surface area contributed by atoms with Crippen molar-refractivity contribution >= 4 is 16.9 Å². The molecule has 2 aromatic heterocycles. The summed E-state index contributed by atoms with van der Waals surface area (Å²) in [6.07, 6.45) is 7.52. The largest absolute Gasteiger partial charge is 0.361 e. The molecule has 2 heterocycles. The lowest BCUT2D eigenvalue weighted by Crippen LogP contribution is -2.37. The quantitative estimate of drug-likeness (QED) is 0.338. The van der Waals surface area contributed by atoms with Crippen LogP contribution in [0.4, 0.5) is 8.78 Å². The third-order valence-corrected chi connectivity index (χ3v) is 4.89. The lowest BCUT2D eigenvalue weighted by Gasteiger charge is -2.12. The van der Waals surface area contributed by atoms with Gasteiger partial charge < -0.3 is 20.2 Å². The smallest absolute Gasteiger partial charge is 0.191 e. The van der Waals surface area contributed by atoms with Gasteiger partial charge in [0.15, 0.2) is 5.96 Å². The monoisotopic (exact) mass is 408 g/mol. The van der Waals surface area contributed by atoms with Crippen LogP contribution in [-0.4, -0.2) is 34.1 Å². The molecule has 30 heavy (non-hydrogen) atoms. The van der Waals surface area contributed by atoms with E-state index in [1.165, 1.54) is 18.2 Å². The number of hydrogen-bond acceptors (Lipinski definition) is 2. The topological polar surface area (TPSA) is 70.0 Å². The van der Waals surface area contributed by atoms with Crippen LogP contribution >= 0.6 is 0 Å². The number of nitrogens with one attached hydrogen (secondary N) is 3. The molecule has 0 saturated carbocycles. The van der Waals surface area contributed by atoms with Crippen LogP contribution in [0.2, 0.25) is 0 Å². The van der Waals surface area contributed by atoms with Gasteiger partial charge in [0.25, 0.3) is 0 Å². The van der Waals surface area contributed by atoms with E-state index in [2.05, 4.69) is 25.6 Å². The Bertz CT molecular complexity index is 1160. The van der Waals surface area contributed by atoms with Crippen molar-refractivity contribution < 1.29 is 8.78 Å². The second kappa shape index (κ2) is 8.77. The van der Waals surface area contributed by atoms with Gasteiger partial charge in [-0.05, 0) is 47.9 Å². The average Bonchev–Trinajstić information content (AvgIpc) is 3.40. The summed E-state index contributed by atoms with van der Waals surface area (Å²) < 4.78 is 29.3. The molecule has 0 saturated heterocycles. The van der Waals surface area contributed by atoms with Gasteiger partial charge in [-0.25, -0.2) is 13.8 Å². The van der Waals surface area contributed by atoms with Gasteiger partial charge in [-0.1, -0.05) is 6.07 Å². The van der Waals surface area contributed by atoms with E-state index in [-0.39, 0.29) is 11.6 Å². The molecule has 0 fully saturated rings. The van der Waals surface area contributed by atoms with Crippen LogP contribution in [-0.2, 0) is 13.0 Å². The zero-order chi connectivity index (χ0) is 20.9. The fraction of sp³-hybridized carbons (Fsp3) is 0.182. The first-order chi connectivity index (χ1) is 14.6. The predicted octanol–water partition coefficient (Wildman–Crippen LogP) is 3.54. The summed E-state index contributed by atoms with van der Waals surface area (Å²) in [5.74, 6) is 0.0547. The Hall–Kier alpha value is -3.68. The third kappa shape index (κ3) is 4.32. The fourth-order valence-electron chi connectivity index (χ4n) is 3.36. The Kier molecular flexibility index (Phi) is 5.74. The Labute approximate surface area is 172 Å². The van der Waals surface area contributed by atoms with E-state index >= 15 is 0 Å². The van der Waals surface area contributed by atoms with E-state index in [9.17, 15) is 8.78 Å². The summed E-state index contributed by atoms with van der Waals surface area (Å²) in [6.45, 7) is 1.09. The van der Waals surface area contributed by atoms with Crippen LogP contribution in [0, 0.1) is 11.6 Å². The molecule has 154 valence electrons. The summed E-state index contributed by atoms with van der Waals surface area (Å²) in [5.41, 5.74) is 3.15. The predicted molar refractivity (Wildman–Crippen MR) is 114 cm³/mol. The van der Waals surface area contributed by atoms with Crippen LogP contribution < -0.4 is 10.6 Å². The fourth-order valence-corrected chi connectivity index (χ4v) is 3.36. The van der Waals surface area contributed by atoms with Crippen molar-refractivity contribution in [1.82, 2.24) is 25.2 Å². The molecule has 4 rings (SSSR count). The number of aromatic nitrogens is 3. The van der Waals surface area contributed by atoms with Gasteiger partial charge in [-0.15, -0.1) is 0 Å². The first kappa shape index (κ1) is 19.6. The van der Waals surface area contributed by atoms with Crippen LogP contribution in [0.3, 0.4) is 0 Å². The van der Waals surface area contributed by atoms with Crippen LogP contribution in [0.5, 0.6) is 0 Å². The molecule has 0 aliphatic carbocycles. The first-order valence-electron chi connectivity index (χ1n) is 9.61. The minimum Gasteiger partial charge on any atom is -0.361 e. The standard InChI is InChI=1S/C22H22F2N6/c1-25-22(27-7-6-16-13-28-20-11-17(23)3-4-18(16)20)29-12-15-2-5-21(19(24)10-15)30-9-8-26-14-30/h2-5,8-11,13-14,28H,6-7,12H2,1H3,(H2,25,27,29). The van der Waals surface area contributed by atoms with Gasteiger partial charge in [0, 0.05) is 49.6 Å². The number of nitrogens with zero attached hydrogens (tertiary/aromatic N) is 3. The van der Waals surface area contributed by atoms with Crippen molar-refractivity contribution in [2.45, 2.75) is 13.0 Å². The molecular formula is C22H22F2N6. The van der Waals surface area contributed by atoms with Crippen molar-refractivity contribution in [1.29, 1.82) is 0 Å². The summed E-state index contributed by atoms with van der Waals surface area (Å²) in [6, 6.07) is 9.83. The molecule has 3 N–H and O–H groups in total. The van der Waals surface area contributed by atoms with Crippen molar-refractivity contribution in [3.63, 3.8) is 0 Å². The van der Waals surface area contributed by atoms with Gasteiger partial charge in [0.1, 0.15) is 11.6 Å². The van der Waals surface area contributed by atoms with Crippen molar-refractivity contribution in [2.75, 3.05) is 13.6 Å². The number of imidazole rings is 1. The summed E-state index contributed by atoms with van der Waals surface area (Å²) >= 11 is 0. The lowest BCUT2D eigenvalue weighted by atomic mass is 10.1. The maximum atomic E-state index is 14.4. The Morgan fingerprint density at radius 1 is 1.17 bits per heavy atom. The van der Waals surface area contributed by atoms with E-state index in [0.29, 0.717) is 24.7 Å². The summed E-state index contributed by atoms with van der Waals surface area (Å²) in [5, 5.41) is 7.44. The zero-order valence-corrected chi connectivity index (χ0v) is 16.5. The number of aliphatic imine (C=N–C) groups is 1. The maximum Gasteiger partial charge on any atom is 0.191 e. The van der Waals surface area contributed by atoms with E-state index < -0.39 is 0 Å². The van der Waals surface area contributed by atoms with Crippen molar-refractivity contribution in [3.05, 3.63) is 84.1 Å². The van der Waals surface area contributed by atoms with E-state index in [1.54, 1.807) is 42.5 Å². The minimum absolute atomic E-state index is 0.256. The van der Waals surface area contributed by atoms with E-state index in [0.717, 1.165) is 28.5 Å². The van der Waals surface area contributed by atoms with E-state index in [1.807, 2.05) is 12.3 Å². The average molecular weight is 408 g/mol. The summed E-state index contributed by atoms with van der Waals surface area (Å²) in [7, 11) is 1.69. The molecule has 0 unspecified atom stereocenters. The molecule has 0 bridgehead atoms. The molecule has 8 heteroatoms. The van der Waals surface area contributed by atoms with Gasteiger partial charge in [-0.3, -0.25) is 4.99 Å². The Morgan fingerprint density at radius 3 is 2.83 bits per heavy atom. The Balaban J connectivity index is 1.31. The van der Waals surface area contributed by atoms with Crippen molar-refractivity contribution in [2.24, 2.45) is 4.99 Å². The molecular weight excluding hydrogens is 386 g/mol. The first-order valence-corrected chi connectivity index (χ1v) is 9.61. The van der Waals surface area contributed by atoms with Crippen LogP contribution in [0.1, 0.15) is 11.1 Å². The molecule has 0 spiro atoms. The summed E-state index contributed by atoms with van der Waals surface area (Å²) in [4.78, 5) is 11.2. The number of benzene rings is 2. The van der Waals surface area contributed by atoms with Crippen LogP contribution in [0.25, 0.3) is 16.6 Å². The molecule has 0 aliphatic heterocycles. The minimum atomic E-state index is -0.314. The van der Waals surface area contributed by atoms with Gasteiger partial charge in [0.05, 0.1) is 12.0 Å². The maximum absolute atomic E-state index is 14.4. The molecule has 0 radical (unpaired) electrons. The number of fused-ring (bicyclic) bond motifs is 1. The highest BCUT2D eigenvalue weighted by Crippen LogP contribution is 2.19.